The van der Waals surface area contributed by atoms with E-state index in [1.165, 1.54) is 70.6 Å². The number of aliphatic hydroxyl groups is 2. The lowest BCUT2D eigenvalue weighted by molar-refractivity contribution is -0.161. The summed E-state index contributed by atoms with van der Waals surface area (Å²) in [6.07, 6.45) is 25.9. The van der Waals surface area contributed by atoms with Gasteiger partial charge in [0.2, 0.25) is 0 Å². The predicted octanol–water partition coefficient (Wildman–Crippen LogP) is 8.45. The number of aliphatic carboxylic acids is 1. The van der Waals surface area contributed by atoms with Crippen molar-refractivity contribution in [1.29, 1.82) is 0 Å². The van der Waals surface area contributed by atoms with Gasteiger partial charge < -0.3 is 35.4 Å². The number of hydrogen-bond acceptors (Lipinski definition) is 11. The van der Waals surface area contributed by atoms with Gasteiger partial charge in [-0.25, -0.2) is 4.57 Å². The van der Waals surface area contributed by atoms with Crippen molar-refractivity contribution in [2.75, 3.05) is 19.8 Å². The molecular formula is C40H76NO12P. The molecule has 0 aliphatic rings. The van der Waals surface area contributed by atoms with E-state index in [9.17, 15) is 34.1 Å². The zero-order valence-corrected chi connectivity index (χ0v) is 34.4. The van der Waals surface area contributed by atoms with Gasteiger partial charge in [-0.3, -0.25) is 23.4 Å². The van der Waals surface area contributed by atoms with Crippen LogP contribution in [0, 0.1) is 0 Å². The van der Waals surface area contributed by atoms with E-state index in [0.717, 1.165) is 57.8 Å². The monoisotopic (exact) mass is 794 g/mol. The summed E-state index contributed by atoms with van der Waals surface area (Å²) in [6.45, 7) is 2.58. The van der Waals surface area contributed by atoms with Crippen molar-refractivity contribution >= 4 is 25.7 Å². The summed E-state index contributed by atoms with van der Waals surface area (Å²) < 4.78 is 32.5. The third kappa shape index (κ3) is 33.5. The first-order valence-corrected chi connectivity index (χ1v) is 22.4. The zero-order valence-electron chi connectivity index (χ0n) is 33.5. The normalized spacial score (nSPS) is 15.1. The van der Waals surface area contributed by atoms with Gasteiger partial charge in [-0.1, -0.05) is 142 Å². The maximum absolute atomic E-state index is 12.6. The molecule has 13 nitrogen and oxygen atoms in total. The molecule has 14 heteroatoms. The number of rotatable bonds is 39. The number of aliphatic hydroxyl groups excluding tert-OH is 2. The molecule has 54 heavy (non-hydrogen) atoms. The van der Waals surface area contributed by atoms with Crippen LogP contribution in [0.25, 0.3) is 0 Å². The van der Waals surface area contributed by atoms with Crippen LogP contribution in [0.3, 0.4) is 0 Å². The van der Waals surface area contributed by atoms with E-state index in [1.807, 2.05) is 6.08 Å². The summed E-state index contributed by atoms with van der Waals surface area (Å²) in [6, 6.07) is -1.54. The Balaban J connectivity index is 4.49. The highest BCUT2D eigenvalue weighted by Crippen LogP contribution is 2.43. The molecule has 5 atom stereocenters. The van der Waals surface area contributed by atoms with Gasteiger partial charge in [-0.15, -0.1) is 0 Å². The molecule has 0 amide bonds. The van der Waals surface area contributed by atoms with Crippen LogP contribution in [-0.4, -0.2) is 82.3 Å². The van der Waals surface area contributed by atoms with Crippen molar-refractivity contribution in [3.8, 4) is 0 Å². The molecule has 0 aliphatic heterocycles. The Hall–Kier alpha value is -1.86. The number of carbonyl (C=O) groups excluding carboxylic acids is 2. The summed E-state index contributed by atoms with van der Waals surface area (Å²) in [5.41, 5.74) is 5.31. The summed E-state index contributed by atoms with van der Waals surface area (Å²) in [4.78, 5) is 45.9. The number of phosphoric ester groups is 1. The van der Waals surface area contributed by atoms with Gasteiger partial charge in [0.25, 0.3) is 0 Å². The number of carboxylic acid groups (broad SMARTS) is 1. The third-order valence-corrected chi connectivity index (χ3v) is 10.2. The molecule has 0 bridgehead atoms. The van der Waals surface area contributed by atoms with Crippen LogP contribution in [0.1, 0.15) is 181 Å². The molecule has 0 rings (SSSR count). The van der Waals surface area contributed by atoms with E-state index in [2.05, 4.69) is 24.4 Å². The first kappa shape index (κ1) is 52.1. The molecule has 1 unspecified atom stereocenters. The lowest BCUT2D eigenvalue weighted by atomic mass is 10.0. The molecule has 0 spiro atoms. The number of allylic oxidation sites excluding steroid dienone is 1. The lowest BCUT2D eigenvalue weighted by Crippen LogP contribution is -2.34. The van der Waals surface area contributed by atoms with Crippen molar-refractivity contribution in [2.24, 2.45) is 5.73 Å². The number of nitrogens with two attached hydrogens (primary N) is 1. The van der Waals surface area contributed by atoms with E-state index in [1.54, 1.807) is 0 Å². The maximum Gasteiger partial charge on any atom is 0.472 e. The summed E-state index contributed by atoms with van der Waals surface area (Å²) in [7, 11) is -4.74. The second-order valence-corrected chi connectivity index (χ2v) is 15.9. The highest BCUT2D eigenvalue weighted by atomic mass is 31.2. The van der Waals surface area contributed by atoms with Gasteiger partial charge in [0.15, 0.2) is 6.10 Å². The Morgan fingerprint density at radius 2 is 1.11 bits per heavy atom. The van der Waals surface area contributed by atoms with E-state index >= 15 is 0 Å². The fraction of sp³-hybridized carbons (Fsp3) is 0.875. The summed E-state index contributed by atoms with van der Waals surface area (Å²) >= 11 is 0. The average molecular weight is 794 g/mol. The van der Waals surface area contributed by atoms with Gasteiger partial charge >= 0.3 is 25.7 Å². The molecule has 0 aromatic rings. The number of hydrogen-bond donors (Lipinski definition) is 5. The molecule has 0 aliphatic carbocycles. The van der Waals surface area contributed by atoms with Gasteiger partial charge in [0.1, 0.15) is 12.6 Å². The number of ether oxygens (including phenoxy) is 2. The fourth-order valence-corrected chi connectivity index (χ4v) is 6.51. The van der Waals surface area contributed by atoms with Crippen molar-refractivity contribution < 1.29 is 57.7 Å². The second-order valence-electron chi connectivity index (χ2n) is 14.4. The fourth-order valence-electron chi connectivity index (χ4n) is 5.73. The van der Waals surface area contributed by atoms with Crippen molar-refractivity contribution in [3.05, 3.63) is 12.2 Å². The largest absolute Gasteiger partial charge is 0.480 e. The molecular weight excluding hydrogens is 717 g/mol. The van der Waals surface area contributed by atoms with Crippen LogP contribution in [0.5, 0.6) is 0 Å². The van der Waals surface area contributed by atoms with E-state index < -0.39 is 69.9 Å². The average Bonchev–Trinajstić information content (AvgIpc) is 3.14. The van der Waals surface area contributed by atoms with Crippen LogP contribution < -0.4 is 5.73 Å². The molecule has 0 fully saturated rings. The van der Waals surface area contributed by atoms with Crippen LogP contribution >= 0.6 is 7.82 Å². The molecule has 0 aromatic heterocycles. The van der Waals surface area contributed by atoms with E-state index in [4.69, 9.17) is 24.8 Å². The summed E-state index contributed by atoms with van der Waals surface area (Å²) in [5.74, 6) is -2.50. The quantitative estimate of drug-likeness (QED) is 0.0171. The molecule has 0 heterocycles. The van der Waals surface area contributed by atoms with Crippen LogP contribution in [0.15, 0.2) is 12.2 Å². The molecule has 0 aromatic carbocycles. The minimum Gasteiger partial charge on any atom is -0.480 e. The molecule has 0 radical (unpaired) electrons. The second kappa shape index (κ2) is 35.5. The van der Waals surface area contributed by atoms with E-state index in [0.29, 0.717) is 25.7 Å². The third-order valence-electron chi connectivity index (χ3n) is 9.21. The van der Waals surface area contributed by atoms with Gasteiger partial charge in [0.05, 0.1) is 25.4 Å². The molecule has 0 saturated carbocycles. The highest BCUT2D eigenvalue weighted by molar-refractivity contribution is 7.47. The summed E-state index contributed by atoms with van der Waals surface area (Å²) in [5, 5.41) is 29.3. The van der Waals surface area contributed by atoms with E-state index in [-0.39, 0.29) is 12.8 Å². The highest BCUT2D eigenvalue weighted by Gasteiger charge is 2.28. The standard InChI is InChI=1S/C40H76NO12P/c1-3-5-7-9-11-12-13-14-15-16-17-21-26-30-39(45)53-34(32-51-54(48,49)52-33-35(41)40(46)47)31-50-38(44)29-25-22-18-20-24-28-37(43)36(42)27-23-19-10-8-6-4-2/h19,23,34-37,42-43H,3-18,20-22,24-33,41H2,1-2H3,(H,46,47)(H,48,49)/b23-19-/t34-,35+,36-,37-/m1/s1. The predicted molar refractivity (Wildman–Crippen MR) is 211 cm³/mol. The van der Waals surface area contributed by atoms with Crippen LogP contribution in [0.2, 0.25) is 0 Å². The number of unbranched alkanes of at least 4 members (excludes halogenated alkanes) is 19. The number of esters is 2. The van der Waals surface area contributed by atoms with Gasteiger partial charge in [0, 0.05) is 12.8 Å². The smallest absolute Gasteiger partial charge is 0.472 e. The van der Waals surface area contributed by atoms with Crippen LogP contribution in [-0.2, 0) is 37.5 Å². The Bertz CT molecular complexity index is 1010. The van der Waals surface area contributed by atoms with Crippen molar-refractivity contribution in [2.45, 2.75) is 205 Å². The first-order valence-electron chi connectivity index (χ1n) is 20.9. The van der Waals surface area contributed by atoms with Crippen LogP contribution in [0.4, 0.5) is 0 Å². The minimum absolute atomic E-state index is 0.126. The molecule has 0 saturated heterocycles. The Morgan fingerprint density at radius 1 is 0.630 bits per heavy atom. The zero-order chi connectivity index (χ0) is 40.3. The first-order chi connectivity index (χ1) is 25.9. The minimum atomic E-state index is -4.74. The number of carboxylic acids is 1. The lowest BCUT2D eigenvalue weighted by Gasteiger charge is -2.20. The number of phosphoric acid groups is 1. The topological polar surface area (TPSA) is 212 Å². The molecule has 6 N–H and O–H groups in total. The van der Waals surface area contributed by atoms with Gasteiger partial charge in [-0.05, 0) is 38.5 Å². The SMILES string of the molecule is CCCCC/C=C\C[C@@H](O)[C@H](O)CCCCCCCC(=O)OC[C@H](COP(=O)(O)OC[C@H](N)C(=O)O)OC(=O)CCCCCCCCCCCCCCC. The maximum atomic E-state index is 12.6. The Kier molecular flexibility index (Phi) is 34.3. The van der Waals surface area contributed by atoms with Crippen molar-refractivity contribution in [3.63, 3.8) is 0 Å². The number of carbonyl (C=O) groups is 3. The Morgan fingerprint density at radius 3 is 1.67 bits per heavy atom. The Labute approximate surface area is 325 Å². The van der Waals surface area contributed by atoms with Crippen molar-refractivity contribution in [1.82, 2.24) is 0 Å². The van der Waals surface area contributed by atoms with Gasteiger partial charge in [-0.2, -0.15) is 0 Å². The molecule has 318 valence electrons.